The van der Waals surface area contributed by atoms with Crippen LogP contribution in [0.15, 0.2) is 54.6 Å². The largest absolute Gasteiger partial charge is 0.494 e. The van der Waals surface area contributed by atoms with Crippen molar-refractivity contribution in [3.05, 3.63) is 60.2 Å². The van der Waals surface area contributed by atoms with Crippen LogP contribution in [-0.2, 0) is 4.79 Å². The highest BCUT2D eigenvalue weighted by Gasteiger charge is 2.27. The van der Waals surface area contributed by atoms with Gasteiger partial charge in [-0.1, -0.05) is 63.3 Å². The van der Waals surface area contributed by atoms with Crippen molar-refractivity contribution in [3.8, 4) is 5.75 Å². The second-order valence-corrected chi connectivity index (χ2v) is 7.09. The molecule has 1 aliphatic heterocycles. The fraction of sp³-hybridized carbons (Fsp3) is 0.348. The monoisotopic (exact) mass is 395 g/mol. The minimum absolute atomic E-state index is 0.280. The molecular formula is C23H29N3O3. The average Bonchev–Trinajstić information content (AvgIpc) is 3.09. The van der Waals surface area contributed by atoms with Gasteiger partial charge in [0.25, 0.3) is 5.91 Å². The smallest absolute Gasteiger partial charge is 0.266 e. The van der Waals surface area contributed by atoms with Crippen molar-refractivity contribution in [2.45, 2.75) is 45.4 Å². The molecule has 1 aliphatic rings. The van der Waals surface area contributed by atoms with Crippen LogP contribution in [0.5, 0.6) is 5.75 Å². The van der Waals surface area contributed by atoms with E-state index in [4.69, 9.17) is 4.74 Å². The number of hydrazine groups is 2. The molecule has 0 radical (unpaired) electrons. The highest BCUT2D eigenvalue weighted by atomic mass is 16.6. The molecule has 3 rings (SSSR count). The predicted molar refractivity (Wildman–Crippen MR) is 116 cm³/mol. The first-order chi connectivity index (χ1) is 14.2. The number of hydrogen-bond acceptors (Lipinski definition) is 5. The van der Waals surface area contributed by atoms with Crippen molar-refractivity contribution in [1.29, 1.82) is 0 Å². The summed E-state index contributed by atoms with van der Waals surface area (Å²) >= 11 is 0. The summed E-state index contributed by atoms with van der Waals surface area (Å²) in [5.41, 5.74) is 4.64. The number of nitrogens with zero attached hydrogens (tertiary/aromatic N) is 2. The van der Waals surface area contributed by atoms with Gasteiger partial charge in [0.15, 0.2) is 0 Å². The summed E-state index contributed by atoms with van der Waals surface area (Å²) in [6, 6.07) is 14.8. The Bertz CT molecular complexity index is 820. The van der Waals surface area contributed by atoms with E-state index in [1.807, 2.05) is 30.3 Å². The fourth-order valence-corrected chi connectivity index (χ4v) is 3.19. The number of nitrogens with one attached hydrogen (secondary N) is 1. The number of carbonyl (C=O) groups excluding carboxylic acids is 1. The second kappa shape index (κ2) is 10.6. The van der Waals surface area contributed by atoms with Crippen LogP contribution in [0.4, 0.5) is 11.4 Å². The van der Waals surface area contributed by atoms with Crippen molar-refractivity contribution >= 4 is 23.4 Å². The summed E-state index contributed by atoms with van der Waals surface area (Å²) in [5.74, 6) is 0.561. The number of rotatable bonds is 10. The minimum Gasteiger partial charge on any atom is -0.494 e. The van der Waals surface area contributed by atoms with Crippen LogP contribution >= 0.6 is 0 Å². The molecule has 29 heavy (non-hydrogen) atoms. The molecule has 154 valence electrons. The zero-order valence-electron chi connectivity index (χ0n) is 16.9. The molecule has 2 N–H and O–H groups in total. The van der Waals surface area contributed by atoms with E-state index >= 15 is 0 Å². The summed E-state index contributed by atoms with van der Waals surface area (Å²) in [4.78, 5) is 12.5. The normalized spacial score (nSPS) is 13.2. The topological polar surface area (TPSA) is 65.0 Å². The van der Waals surface area contributed by atoms with Gasteiger partial charge in [-0.05, 0) is 42.3 Å². The van der Waals surface area contributed by atoms with Crippen molar-refractivity contribution in [2.75, 3.05) is 16.8 Å². The molecule has 2 aromatic rings. The quantitative estimate of drug-likeness (QED) is 0.433. The minimum atomic E-state index is -0.280. The Hall–Kier alpha value is -2.83. The van der Waals surface area contributed by atoms with E-state index in [1.165, 1.54) is 43.2 Å². The lowest BCUT2D eigenvalue weighted by atomic mass is 10.1. The van der Waals surface area contributed by atoms with Crippen LogP contribution < -0.4 is 20.5 Å². The van der Waals surface area contributed by atoms with Crippen LogP contribution in [0.1, 0.15) is 51.0 Å². The number of benzene rings is 2. The summed E-state index contributed by atoms with van der Waals surface area (Å²) in [7, 11) is 0. The zero-order chi connectivity index (χ0) is 20.5. The highest BCUT2D eigenvalue weighted by molar-refractivity contribution is 6.06. The number of ether oxygens (including phenoxy) is 1. The Morgan fingerprint density at radius 3 is 2.45 bits per heavy atom. The molecule has 0 bridgehead atoms. The summed E-state index contributed by atoms with van der Waals surface area (Å²) < 4.78 is 5.78. The lowest BCUT2D eigenvalue weighted by Crippen LogP contribution is -2.45. The van der Waals surface area contributed by atoms with E-state index in [1.54, 1.807) is 24.3 Å². The second-order valence-electron chi connectivity index (χ2n) is 7.09. The lowest BCUT2D eigenvalue weighted by Gasteiger charge is -2.15. The van der Waals surface area contributed by atoms with Crippen molar-refractivity contribution < 1.29 is 14.7 Å². The molecule has 6 nitrogen and oxygen atoms in total. The maximum absolute atomic E-state index is 12.5. The summed E-state index contributed by atoms with van der Waals surface area (Å²) in [6.45, 7) is 2.96. The molecule has 0 spiro atoms. The molecule has 0 saturated carbocycles. The molecule has 1 amide bonds. The Morgan fingerprint density at radius 2 is 1.69 bits per heavy atom. The van der Waals surface area contributed by atoms with Gasteiger partial charge in [-0.3, -0.25) is 10.0 Å². The summed E-state index contributed by atoms with van der Waals surface area (Å²) in [5, 5.41) is 12.0. The van der Waals surface area contributed by atoms with E-state index in [0.717, 1.165) is 29.5 Å². The first kappa shape index (κ1) is 20.9. The molecule has 0 aromatic heterocycles. The number of amides is 1. The van der Waals surface area contributed by atoms with E-state index in [0.29, 0.717) is 11.4 Å². The molecule has 0 fully saturated rings. The van der Waals surface area contributed by atoms with Crippen LogP contribution in [-0.4, -0.2) is 17.7 Å². The van der Waals surface area contributed by atoms with Gasteiger partial charge in [0.1, 0.15) is 11.4 Å². The number of hydrogen-bond donors (Lipinski definition) is 2. The maximum atomic E-state index is 12.5. The Balaban J connectivity index is 1.46. The van der Waals surface area contributed by atoms with Gasteiger partial charge in [0, 0.05) is 6.08 Å². The number of carbonyl (C=O) groups is 1. The Morgan fingerprint density at radius 1 is 1.00 bits per heavy atom. The summed E-state index contributed by atoms with van der Waals surface area (Å²) in [6.07, 6.45) is 10.7. The van der Waals surface area contributed by atoms with Gasteiger partial charge in [0.05, 0.1) is 12.3 Å². The SMILES string of the molecule is CCCCCCCCOc1ccc(/C=C/C(=O)N2NN(O)c3ccccc32)cc1. The molecular weight excluding hydrogens is 366 g/mol. The van der Waals surface area contributed by atoms with Gasteiger partial charge >= 0.3 is 0 Å². The van der Waals surface area contributed by atoms with Crippen LogP contribution in [0, 0.1) is 0 Å². The van der Waals surface area contributed by atoms with E-state index in [9.17, 15) is 10.0 Å². The molecule has 2 aromatic carbocycles. The van der Waals surface area contributed by atoms with Gasteiger partial charge in [-0.2, -0.15) is 5.17 Å². The molecule has 0 aliphatic carbocycles. The third kappa shape index (κ3) is 5.82. The first-order valence-electron chi connectivity index (χ1n) is 10.3. The standard InChI is InChI=1S/C23H29N3O3/c1-2-3-4-5-6-9-18-29-20-15-12-19(13-16-20)14-17-23(27)25-21-10-7-8-11-22(21)26(28)24-25/h7-8,10-17,24,28H,2-6,9,18H2,1H3/b17-14+. The van der Waals surface area contributed by atoms with Crippen molar-refractivity contribution in [1.82, 2.24) is 5.53 Å². The van der Waals surface area contributed by atoms with Gasteiger partial charge < -0.3 is 4.74 Å². The molecule has 0 atom stereocenters. The van der Waals surface area contributed by atoms with E-state index < -0.39 is 0 Å². The maximum Gasteiger partial charge on any atom is 0.266 e. The fourth-order valence-electron chi connectivity index (χ4n) is 3.19. The average molecular weight is 396 g/mol. The van der Waals surface area contributed by atoms with Crippen molar-refractivity contribution in [3.63, 3.8) is 0 Å². The van der Waals surface area contributed by atoms with Gasteiger partial charge in [-0.15, -0.1) is 5.53 Å². The third-order valence-electron chi connectivity index (χ3n) is 4.83. The van der Waals surface area contributed by atoms with E-state index in [-0.39, 0.29) is 5.91 Å². The number of para-hydroxylation sites is 2. The van der Waals surface area contributed by atoms with Crippen molar-refractivity contribution in [2.24, 2.45) is 0 Å². The molecule has 6 heteroatoms. The first-order valence-corrected chi connectivity index (χ1v) is 10.3. The van der Waals surface area contributed by atoms with Gasteiger partial charge in [0.2, 0.25) is 0 Å². The highest BCUT2D eigenvalue weighted by Crippen LogP contribution is 2.31. The Kier molecular flexibility index (Phi) is 7.67. The lowest BCUT2D eigenvalue weighted by molar-refractivity contribution is -0.114. The molecule has 0 saturated heterocycles. The zero-order valence-corrected chi connectivity index (χ0v) is 16.9. The number of unbranched alkanes of at least 4 members (excludes halogenated alkanes) is 5. The van der Waals surface area contributed by atoms with Crippen LogP contribution in [0.3, 0.4) is 0 Å². The van der Waals surface area contributed by atoms with Gasteiger partial charge in [-0.25, -0.2) is 5.01 Å². The predicted octanol–water partition coefficient (Wildman–Crippen LogP) is 5.10. The van der Waals surface area contributed by atoms with E-state index in [2.05, 4.69) is 12.5 Å². The number of fused-ring (bicyclic) bond motifs is 1. The third-order valence-corrected chi connectivity index (χ3v) is 4.83. The molecule has 0 unspecified atom stereocenters. The molecule has 1 heterocycles. The van der Waals surface area contributed by atoms with Crippen LogP contribution in [0.2, 0.25) is 0 Å². The van der Waals surface area contributed by atoms with Crippen LogP contribution in [0.25, 0.3) is 6.08 Å². The Labute approximate surface area is 172 Å². The number of anilines is 2.